The lowest BCUT2D eigenvalue weighted by molar-refractivity contribution is -0.119. The lowest BCUT2D eigenvalue weighted by Gasteiger charge is -2.24. The van der Waals surface area contributed by atoms with E-state index < -0.39 is 0 Å². The SMILES string of the molecule is Cc1cnn(C)c1-c1ccc(NC(=O)[C@H]2C[C@@H]3CN(CCC(C)(C)C)C[C@@H]3C2)nn1. The van der Waals surface area contributed by atoms with E-state index in [-0.39, 0.29) is 11.8 Å². The van der Waals surface area contributed by atoms with Gasteiger partial charge in [0.2, 0.25) is 5.91 Å². The molecule has 1 amide bonds. The van der Waals surface area contributed by atoms with Gasteiger partial charge in [0.05, 0.1) is 11.9 Å². The van der Waals surface area contributed by atoms with E-state index in [1.165, 1.54) is 13.0 Å². The van der Waals surface area contributed by atoms with Crippen molar-refractivity contribution in [2.45, 2.75) is 47.0 Å². The fraction of sp³-hybridized carbons (Fsp3) is 0.652. The summed E-state index contributed by atoms with van der Waals surface area (Å²) in [4.78, 5) is 15.4. The first-order valence-corrected chi connectivity index (χ1v) is 11.1. The van der Waals surface area contributed by atoms with E-state index in [9.17, 15) is 4.79 Å². The molecule has 0 bridgehead atoms. The second-order valence-electron chi connectivity index (χ2n) is 10.4. The molecule has 2 fully saturated rings. The minimum atomic E-state index is 0.0874. The van der Waals surface area contributed by atoms with Gasteiger partial charge in [-0.3, -0.25) is 9.48 Å². The number of hydrogen-bond donors (Lipinski definition) is 1. The molecule has 1 aliphatic heterocycles. The van der Waals surface area contributed by atoms with E-state index in [1.54, 1.807) is 4.68 Å². The van der Waals surface area contributed by atoms with Crippen LogP contribution in [0.3, 0.4) is 0 Å². The smallest absolute Gasteiger partial charge is 0.228 e. The number of aryl methyl sites for hydroxylation is 2. The number of hydrogen-bond acceptors (Lipinski definition) is 5. The van der Waals surface area contributed by atoms with E-state index in [2.05, 4.69) is 46.3 Å². The van der Waals surface area contributed by atoms with Gasteiger partial charge in [-0.2, -0.15) is 5.10 Å². The third-order valence-electron chi connectivity index (χ3n) is 6.66. The van der Waals surface area contributed by atoms with E-state index in [4.69, 9.17) is 0 Å². The van der Waals surface area contributed by atoms with Crippen LogP contribution in [0.1, 0.15) is 45.6 Å². The van der Waals surface area contributed by atoms with Crippen LogP contribution in [0.15, 0.2) is 18.3 Å². The highest BCUT2D eigenvalue weighted by Crippen LogP contribution is 2.42. The highest BCUT2D eigenvalue weighted by atomic mass is 16.2. The number of nitrogens with one attached hydrogen (secondary N) is 1. The first-order chi connectivity index (χ1) is 14.2. The van der Waals surface area contributed by atoms with Crippen LogP contribution in [0.4, 0.5) is 5.82 Å². The molecule has 0 aromatic carbocycles. The van der Waals surface area contributed by atoms with Crippen LogP contribution in [0.25, 0.3) is 11.4 Å². The topological polar surface area (TPSA) is 75.9 Å². The van der Waals surface area contributed by atoms with E-state index in [0.717, 1.165) is 42.9 Å². The molecule has 0 spiro atoms. The maximum absolute atomic E-state index is 12.8. The maximum atomic E-state index is 12.8. The molecule has 7 heteroatoms. The molecule has 30 heavy (non-hydrogen) atoms. The molecule has 1 saturated carbocycles. The summed E-state index contributed by atoms with van der Waals surface area (Å²) in [5.41, 5.74) is 3.14. The van der Waals surface area contributed by atoms with E-state index in [0.29, 0.717) is 23.1 Å². The molecule has 3 atom stereocenters. The molecule has 7 nitrogen and oxygen atoms in total. The van der Waals surface area contributed by atoms with Crippen LogP contribution in [0, 0.1) is 30.1 Å². The number of nitrogens with zero attached hydrogens (tertiary/aromatic N) is 5. The summed E-state index contributed by atoms with van der Waals surface area (Å²) in [6.45, 7) is 12.4. The Morgan fingerprint density at radius 2 is 1.87 bits per heavy atom. The monoisotopic (exact) mass is 410 g/mol. The first kappa shape index (κ1) is 21.0. The van der Waals surface area contributed by atoms with Gasteiger partial charge in [-0.1, -0.05) is 20.8 Å². The van der Waals surface area contributed by atoms with Crippen molar-refractivity contribution in [1.82, 2.24) is 24.9 Å². The molecule has 162 valence electrons. The summed E-state index contributed by atoms with van der Waals surface area (Å²) in [7, 11) is 1.89. The first-order valence-electron chi connectivity index (χ1n) is 11.1. The van der Waals surface area contributed by atoms with Crippen molar-refractivity contribution in [2.24, 2.45) is 30.2 Å². The third-order valence-corrected chi connectivity index (χ3v) is 6.66. The van der Waals surface area contributed by atoms with Gasteiger partial charge in [0.25, 0.3) is 0 Å². The second kappa shape index (κ2) is 8.10. The molecule has 2 aromatic heterocycles. The van der Waals surface area contributed by atoms with Crippen LogP contribution in [-0.2, 0) is 11.8 Å². The molecule has 0 radical (unpaired) electrons. The number of anilines is 1. The molecular formula is C23H34N6O. The Labute approximate surface area is 179 Å². The number of rotatable bonds is 5. The predicted octanol–water partition coefficient (Wildman–Crippen LogP) is 3.52. The molecule has 1 saturated heterocycles. The van der Waals surface area contributed by atoms with Gasteiger partial charge in [-0.05, 0) is 67.7 Å². The lowest BCUT2D eigenvalue weighted by Crippen LogP contribution is -2.28. The Morgan fingerprint density at radius 1 is 1.17 bits per heavy atom. The molecule has 2 aliphatic rings. The highest BCUT2D eigenvalue weighted by Gasteiger charge is 2.43. The predicted molar refractivity (Wildman–Crippen MR) is 118 cm³/mol. The zero-order valence-electron chi connectivity index (χ0n) is 18.9. The van der Waals surface area contributed by atoms with E-state index in [1.807, 2.05) is 32.3 Å². The van der Waals surface area contributed by atoms with Gasteiger partial charge in [0, 0.05) is 26.1 Å². The Hall–Kier alpha value is -2.28. The summed E-state index contributed by atoms with van der Waals surface area (Å²) in [5, 5.41) is 15.8. The van der Waals surface area contributed by atoms with Gasteiger partial charge in [0.1, 0.15) is 5.69 Å². The molecule has 1 aliphatic carbocycles. The maximum Gasteiger partial charge on any atom is 0.228 e. The van der Waals surface area contributed by atoms with Crippen molar-refractivity contribution in [1.29, 1.82) is 0 Å². The summed E-state index contributed by atoms with van der Waals surface area (Å²) >= 11 is 0. The standard InChI is InChI=1S/C23H34N6O/c1-15-12-24-28(5)21(15)19-6-7-20(27-26-19)25-22(30)16-10-17-13-29(14-18(17)11-16)9-8-23(2,3)4/h6-7,12,16-18H,8-11,13-14H2,1-5H3,(H,25,27,30)/t16-,17+,18-. The largest absolute Gasteiger partial charge is 0.309 e. The van der Waals surface area contributed by atoms with Crippen molar-refractivity contribution in [2.75, 3.05) is 25.0 Å². The van der Waals surface area contributed by atoms with Crippen LogP contribution in [-0.4, -0.2) is 50.4 Å². The number of carbonyl (C=O) groups is 1. The minimum Gasteiger partial charge on any atom is -0.309 e. The fourth-order valence-electron chi connectivity index (χ4n) is 4.96. The van der Waals surface area contributed by atoms with Gasteiger partial charge in [0.15, 0.2) is 5.82 Å². The average Bonchev–Trinajstić information content (AvgIpc) is 3.33. The van der Waals surface area contributed by atoms with Gasteiger partial charge in [-0.15, -0.1) is 10.2 Å². The fourth-order valence-corrected chi connectivity index (χ4v) is 4.96. The van der Waals surface area contributed by atoms with Gasteiger partial charge in [-0.25, -0.2) is 0 Å². The highest BCUT2D eigenvalue weighted by molar-refractivity contribution is 5.91. The molecule has 2 aromatic rings. The molecule has 1 N–H and O–H groups in total. The number of fused-ring (bicyclic) bond motifs is 1. The number of aromatic nitrogens is 4. The van der Waals surface area contributed by atoms with Crippen LogP contribution in [0.2, 0.25) is 0 Å². The summed E-state index contributed by atoms with van der Waals surface area (Å²) in [6, 6.07) is 3.72. The van der Waals surface area contributed by atoms with Crippen molar-refractivity contribution < 1.29 is 4.79 Å². The minimum absolute atomic E-state index is 0.0874. The van der Waals surface area contributed by atoms with Gasteiger partial charge >= 0.3 is 0 Å². The lowest BCUT2D eigenvalue weighted by atomic mass is 9.92. The Morgan fingerprint density at radius 3 is 2.40 bits per heavy atom. The Kier molecular flexibility index (Phi) is 5.66. The van der Waals surface area contributed by atoms with Gasteiger partial charge < -0.3 is 10.2 Å². The second-order valence-corrected chi connectivity index (χ2v) is 10.4. The summed E-state index contributed by atoms with van der Waals surface area (Å²) in [6.07, 6.45) is 5.02. The number of amides is 1. The molecule has 4 rings (SSSR count). The quantitative estimate of drug-likeness (QED) is 0.816. The molecular weight excluding hydrogens is 376 g/mol. The zero-order valence-corrected chi connectivity index (χ0v) is 18.9. The van der Waals surface area contributed by atoms with Crippen molar-refractivity contribution >= 4 is 11.7 Å². The molecule has 3 heterocycles. The normalized spacial score (nSPS) is 24.2. The Bertz CT molecular complexity index is 864. The van der Waals surface area contributed by atoms with Crippen molar-refractivity contribution in [3.8, 4) is 11.4 Å². The summed E-state index contributed by atoms with van der Waals surface area (Å²) in [5.74, 6) is 2.01. The van der Waals surface area contributed by atoms with Crippen LogP contribution < -0.4 is 5.32 Å². The van der Waals surface area contributed by atoms with Crippen molar-refractivity contribution in [3.05, 3.63) is 23.9 Å². The average molecular weight is 411 g/mol. The van der Waals surface area contributed by atoms with E-state index >= 15 is 0 Å². The van der Waals surface area contributed by atoms with Crippen LogP contribution in [0.5, 0.6) is 0 Å². The summed E-state index contributed by atoms with van der Waals surface area (Å²) < 4.78 is 1.79. The zero-order chi connectivity index (χ0) is 21.5. The molecule has 0 unspecified atom stereocenters. The van der Waals surface area contributed by atoms with Crippen molar-refractivity contribution in [3.63, 3.8) is 0 Å². The number of carbonyl (C=O) groups excluding carboxylic acids is 1. The number of likely N-dealkylation sites (tertiary alicyclic amines) is 1. The third kappa shape index (κ3) is 4.56. The Balaban J connectivity index is 1.30. The van der Waals surface area contributed by atoms with Crippen LogP contribution >= 0.6 is 0 Å².